The highest BCUT2D eigenvalue weighted by atomic mass is 16.5. The lowest BCUT2D eigenvalue weighted by atomic mass is 10.0. The predicted molar refractivity (Wildman–Crippen MR) is 287 cm³/mol. The number of hydrogen-bond donors (Lipinski definition) is 3. The van der Waals surface area contributed by atoms with Gasteiger partial charge in [0.25, 0.3) is 0 Å². The molecule has 0 bridgehead atoms. The summed E-state index contributed by atoms with van der Waals surface area (Å²) >= 11 is 0. The van der Waals surface area contributed by atoms with E-state index in [0.29, 0.717) is 25.9 Å². The van der Waals surface area contributed by atoms with E-state index in [0.717, 1.165) is 57.8 Å². The van der Waals surface area contributed by atoms with Gasteiger partial charge in [-0.25, -0.2) is 0 Å². The van der Waals surface area contributed by atoms with Crippen LogP contribution < -0.4 is 5.32 Å². The lowest BCUT2D eigenvalue weighted by molar-refractivity contribution is -0.143. The van der Waals surface area contributed by atoms with Crippen LogP contribution in [0.1, 0.15) is 309 Å². The van der Waals surface area contributed by atoms with Gasteiger partial charge in [0.1, 0.15) is 0 Å². The van der Waals surface area contributed by atoms with E-state index in [1.807, 2.05) is 0 Å². The van der Waals surface area contributed by atoms with Gasteiger partial charge in [-0.3, -0.25) is 9.59 Å². The largest absolute Gasteiger partial charge is 0.466 e. The minimum atomic E-state index is -0.669. The van der Waals surface area contributed by atoms with Gasteiger partial charge < -0.3 is 20.3 Å². The zero-order valence-electron chi connectivity index (χ0n) is 44.2. The van der Waals surface area contributed by atoms with Gasteiger partial charge in [-0.15, -0.1) is 0 Å². The van der Waals surface area contributed by atoms with Gasteiger partial charge in [-0.2, -0.15) is 0 Å². The Labute approximate surface area is 411 Å². The molecule has 6 heteroatoms. The Morgan fingerprint density at radius 2 is 0.758 bits per heavy atom. The van der Waals surface area contributed by atoms with Gasteiger partial charge in [0.2, 0.25) is 5.91 Å². The second kappa shape index (κ2) is 55.7. The first-order valence-electron chi connectivity index (χ1n) is 29.2. The molecule has 0 aliphatic carbocycles. The van der Waals surface area contributed by atoms with Crippen molar-refractivity contribution in [3.8, 4) is 0 Å². The van der Waals surface area contributed by atoms with Crippen LogP contribution in [0.2, 0.25) is 0 Å². The Bertz CT molecular complexity index is 1070. The van der Waals surface area contributed by atoms with Crippen LogP contribution in [-0.2, 0) is 14.3 Å². The summed E-state index contributed by atoms with van der Waals surface area (Å²) in [6.45, 7) is 4.93. The van der Waals surface area contributed by atoms with Crippen LogP contribution >= 0.6 is 0 Å². The van der Waals surface area contributed by atoms with E-state index in [-0.39, 0.29) is 18.5 Å². The number of ether oxygens (including phenoxy) is 1. The predicted octanol–water partition coefficient (Wildman–Crippen LogP) is 18.0. The number of esters is 1. The average molecular weight is 929 g/mol. The molecule has 0 saturated carbocycles. The van der Waals surface area contributed by atoms with E-state index in [4.69, 9.17) is 4.74 Å². The minimum absolute atomic E-state index is 0.00114. The lowest BCUT2D eigenvalue weighted by Crippen LogP contribution is -2.45. The molecule has 66 heavy (non-hydrogen) atoms. The lowest BCUT2D eigenvalue weighted by Gasteiger charge is -2.22. The molecular formula is C60H113NO5. The van der Waals surface area contributed by atoms with Crippen molar-refractivity contribution in [3.05, 3.63) is 36.5 Å². The molecule has 0 aliphatic rings. The van der Waals surface area contributed by atoms with Crippen LogP contribution in [0.5, 0.6) is 0 Å². The number of rotatable bonds is 54. The van der Waals surface area contributed by atoms with E-state index in [1.165, 1.54) is 218 Å². The molecule has 1 amide bonds. The van der Waals surface area contributed by atoms with E-state index in [2.05, 4.69) is 55.6 Å². The maximum Gasteiger partial charge on any atom is 0.305 e. The number of carbonyl (C=O) groups is 2. The van der Waals surface area contributed by atoms with Gasteiger partial charge in [0.15, 0.2) is 0 Å². The fourth-order valence-electron chi connectivity index (χ4n) is 8.90. The normalized spacial score (nSPS) is 12.8. The summed E-state index contributed by atoms with van der Waals surface area (Å²) in [5.74, 6) is -0.0477. The monoisotopic (exact) mass is 928 g/mol. The molecule has 0 aromatic carbocycles. The fourth-order valence-corrected chi connectivity index (χ4v) is 8.90. The standard InChI is InChI=1S/C60H113NO5/c1-3-5-7-9-11-13-15-16-26-30-34-38-42-46-50-54-60(65)66-55-51-47-43-39-35-31-28-25-23-21-19-17-18-20-22-24-27-29-33-37-41-45-49-53-59(64)61-57(56-62)58(63)52-48-44-40-36-32-14-12-10-8-6-4-2/h16-17,19-20,22,26,57-58,62-63H,3-15,18,21,23-25,27-56H2,1-2H3,(H,61,64)/b19-17-,22-20-,26-16-. The zero-order chi connectivity index (χ0) is 47.9. The second-order valence-electron chi connectivity index (χ2n) is 20.0. The first-order chi connectivity index (χ1) is 32.5. The van der Waals surface area contributed by atoms with Gasteiger partial charge >= 0.3 is 5.97 Å². The molecule has 2 unspecified atom stereocenters. The molecular weight excluding hydrogens is 815 g/mol. The maximum absolute atomic E-state index is 12.4. The average Bonchev–Trinajstić information content (AvgIpc) is 3.32. The third kappa shape index (κ3) is 51.5. The quantitative estimate of drug-likeness (QED) is 0.0321. The first-order valence-corrected chi connectivity index (χ1v) is 29.2. The van der Waals surface area contributed by atoms with Crippen LogP contribution in [0.4, 0.5) is 0 Å². The number of hydrogen-bond acceptors (Lipinski definition) is 5. The number of aliphatic hydroxyl groups excluding tert-OH is 2. The summed E-state index contributed by atoms with van der Waals surface area (Å²) in [4.78, 5) is 24.5. The number of allylic oxidation sites excluding steroid dienone is 6. The fraction of sp³-hybridized carbons (Fsp3) is 0.867. The SMILES string of the molecule is CCCCCCCC/C=C\CCCCCCCC(=O)OCCCCCCCCCCC/C=C\C/C=C\CCCCCCCCCC(=O)NC(CO)C(O)CCCCCCCCCCCCC. The molecule has 0 saturated heterocycles. The molecule has 0 radical (unpaired) electrons. The number of unbranched alkanes of at least 4 members (excludes halogenated alkanes) is 37. The number of nitrogens with one attached hydrogen (secondary N) is 1. The maximum atomic E-state index is 12.4. The van der Waals surface area contributed by atoms with Crippen molar-refractivity contribution in [1.82, 2.24) is 5.32 Å². The molecule has 0 rings (SSSR count). The third-order valence-corrected chi connectivity index (χ3v) is 13.4. The Kier molecular flexibility index (Phi) is 54.1. The minimum Gasteiger partial charge on any atom is -0.466 e. The molecule has 0 aromatic rings. The van der Waals surface area contributed by atoms with Crippen LogP contribution in [-0.4, -0.2) is 47.4 Å². The number of aliphatic hydroxyl groups is 2. The van der Waals surface area contributed by atoms with E-state index >= 15 is 0 Å². The molecule has 388 valence electrons. The Morgan fingerprint density at radius 1 is 0.424 bits per heavy atom. The highest BCUT2D eigenvalue weighted by molar-refractivity contribution is 5.76. The Hall–Kier alpha value is -1.92. The molecule has 0 heterocycles. The van der Waals surface area contributed by atoms with Crippen molar-refractivity contribution >= 4 is 11.9 Å². The van der Waals surface area contributed by atoms with Crippen molar-refractivity contribution in [3.63, 3.8) is 0 Å². The molecule has 3 N–H and O–H groups in total. The topological polar surface area (TPSA) is 95.9 Å². The van der Waals surface area contributed by atoms with Crippen molar-refractivity contribution in [1.29, 1.82) is 0 Å². The summed E-state index contributed by atoms with van der Waals surface area (Å²) in [5, 5.41) is 23.2. The van der Waals surface area contributed by atoms with Gasteiger partial charge in [-0.1, -0.05) is 249 Å². The van der Waals surface area contributed by atoms with E-state index in [9.17, 15) is 19.8 Å². The Morgan fingerprint density at radius 3 is 1.17 bits per heavy atom. The molecule has 2 atom stereocenters. The molecule has 0 spiro atoms. The summed E-state index contributed by atoms with van der Waals surface area (Å²) in [6.07, 6.45) is 68.6. The van der Waals surface area contributed by atoms with Gasteiger partial charge in [0, 0.05) is 12.8 Å². The molecule has 0 fully saturated rings. The number of amides is 1. The third-order valence-electron chi connectivity index (χ3n) is 13.4. The summed E-state index contributed by atoms with van der Waals surface area (Å²) in [6, 6.07) is -0.548. The summed E-state index contributed by atoms with van der Waals surface area (Å²) in [5.41, 5.74) is 0. The van der Waals surface area contributed by atoms with Crippen molar-refractivity contribution < 1.29 is 24.5 Å². The van der Waals surface area contributed by atoms with Gasteiger partial charge in [-0.05, 0) is 83.5 Å². The first kappa shape index (κ1) is 64.1. The molecule has 6 nitrogen and oxygen atoms in total. The molecule has 0 aromatic heterocycles. The van der Waals surface area contributed by atoms with E-state index in [1.54, 1.807) is 0 Å². The van der Waals surface area contributed by atoms with Gasteiger partial charge in [0.05, 0.1) is 25.4 Å². The summed E-state index contributed by atoms with van der Waals surface area (Å²) in [7, 11) is 0. The second-order valence-corrected chi connectivity index (χ2v) is 20.0. The van der Waals surface area contributed by atoms with Crippen molar-refractivity contribution in [2.75, 3.05) is 13.2 Å². The van der Waals surface area contributed by atoms with Crippen LogP contribution in [0.15, 0.2) is 36.5 Å². The van der Waals surface area contributed by atoms with Crippen LogP contribution in [0.25, 0.3) is 0 Å². The summed E-state index contributed by atoms with van der Waals surface area (Å²) < 4.78 is 5.47. The molecule has 0 aliphatic heterocycles. The van der Waals surface area contributed by atoms with Crippen LogP contribution in [0.3, 0.4) is 0 Å². The smallest absolute Gasteiger partial charge is 0.305 e. The highest BCUT2D eigenvalue weighted by Crippen LogP contribution is 2.16. The Balaban J connectivity index is 3.44. The highest BCUT2D eigenvalue weighted by Gasteiger charge is 2.20. The van der Waals surface area contributed by atoms with Crippen LogP contribution in [0, 0.1) is 0 Å². The van der Waals surface area contributed by atoms with Crippen molar-refractivity contribution in [2.45, 2.75) is 321 Å². The number of carbonyl (C=O) groups excluding carboxylic acids is 2. The van der Waals surface area contributed by atoms with Crippen molar-refractivity contribution in [2.24, 2.45) is 0 Å². The zero-order valence-corrected chi connectivity index (χ0v) is 44.2. The van der Waals surface area contributed by atoms with E-state index < -0.39 is 12.1 Å².